The number of likely N-dealkylation sites (tertiary alicyclic amines) is 2. The molecule has 6 heteroatoms. The number of hydrogen-bond acceptors (Lipinski definition) is 3. The monoisotopic (exact) mass is 402 g/mol. The zero-order valence-corrected chi connectivity index (χ0v) is 17.9. The number of piperidine rings is 2. The Bertz CT molecular complexity index is 642. The van der Waals surface area contributed by atoms with Crippen molar-refractivity contribution in [1.82, 2.24) is 15.1 Å². The summed E-state index contributed by atoms with van der Waals surface area (Å²) < 4.78 is 0. The van der Waals surface area contributed by atoms with E-state index in [9.17, 15) is 4.79 Å². The molecule has 1 atom stereocenters. The molecule has 0 radical (unpaired) electrons. The molecule has 2 fully saturated rings. The lowest BCUT2D eigenvalue weighted by Gasteiger charge is -2.30. The van der Waals surface area contributed by atoms with Gasteiger partial charge < -0.3 is 20.4 Å². The van der Waals surface area contributed by atoms with E-state index in [1.165, 1.54) is 32.4 Å². The van der Waals surface area contributed by atoms with E-state index in [4.69, 9.17) is 12.2 Å². The largest absolute Gasteiger partial charge is 0.362 e. The molecule has 2 heterocycles. The van der Waals surface area contributed by atoms with Gasteiger partial charge in [-0.15, -0.1) is 0 Å². The minimum atomic E-state index is 0.138. The highest BCUT2D eigenvalue weighted by atomic mass is 32.1. The van der Waals surface area contributed by atoms with Gasteiger partial charge in [-0.3, -0.25) is 4.79 Å². The van der Waals surface area contributed by atoms with Crippen LogP contribution >= 0.6 is 12.2 Å². The average molecular weight is 403 g/mol. The smallest absolute Gasteiger partial charge is 0.253 e. The minimum Gasteiger partial charge on any atom is -0.362 e. The van der Waals surface area contributed by atoms with Gasteiger partial charge in [0.2, 0.25) is 0 Å². The number of hydrogen-bond donors (Lipinski definition) is 2. The molecule has 0 aromatic heterocycles. The summed E-state index contributed by atoms with van der Waals surface area (Å²) in [4.78, 5) is 17.0. The highest BCUT2D eigenvalue weighted by molar-refractivity contribution is 7.80. The van der Waals surface area contributed by atoms with Crippen molar-refractivity contribution in [3.8, 4) is 0 Å². The van der Waals surface area contributed by atoms with E-state index in [0.29, 0.717) is 5.11 Å². The molecule has 3 rings (SSSR count). The summed E-state index contributed by atoms with van der Waals surface area (Å²) in [6.07, 6.45) is 7.24. The van der Waals surface area contributed by atoms with E-state index in [2.05, 4.69) is 22.5 Å². The van der Waals surface area contributed by atoms with Gasteiger partial charge in [-0.2, -0.15) is 0 Å². The number of thiocarbonyl (C=S) groups is 1. The number of nitrogens with one attached hydrogen (secondary N) is 2. The van der Waals surface area contributed by atoms with Crippen molar-refractivity contribution in [1.29, 1.82) is 0 Å². The van der Waals surface area contributed by atoms with Crippen LogP contribution in [0.25, 0.3) is 0 Å². The molecule has 1 amide bonds. The van der Waals surface area contributed by atoms with Crippen molar-refractivity contribution >= 4 is 28.9 Å². The molecule has 0 saturated carbocycles. The molecule has 1 aromatic rings. The maximum atomic E-state index is 12.5. The Morgan fingerprint density at radius 3 is 2.57 bits per heavy atom. The summed E-state index contributed by atoms with van der Waals surface area (Å²) >= 11 is 5.40. The zero-order chi connectivity index (χ0) is 19.8. The third kappa shape index (κ3) is 6.45. The zero-order valence-electron chi connectivity index (χ0n) is 17.1. The molecule has 0 aliphatic carbocycles. The average Bonchev–Trinajstić information content (AvgIpc) is 2.72. The summed E-state index contributed by atoms with van der Waals surface area (Å²) in [5.74, 6) is 0.966. The van der Waals surface area contributed by atoms with Crippen LogP contribution in [0.15, 0.2) is 24.3 Å². The predicted octanol–water partition coefficient (Wildman–Crippen LogP) is 3.72. The Kier molecular flexibility index (Phi) is 8.10. The fourth-order valence-electron chi connectivity index (χ4n) is 4.15. The highest BCUT2D eigenvalue weighted by Crippen LogP contribution is 2.16. The summed E-state index contributed by atoms with van der Waals surface area (Å²) in [6, 6.07) is 7.64. The van der Waals surface area contributed by atoms with E-state index in [1.54, 1.807) is 0 Å². The van der Waals surface area contributed by atoms with E-state index >= 15 is 0 Å². The second-order valence-electron chi connectivity index (χ2n) is 8.21. The third-order valence-corrected chi connectivity index (χ3v) is 5.96. The van der Waals surface area contributed by atoms with Crippen LogP contribution in [0.5, 0.6) is 0 Å². The number of nitrogens with zero attached hydrogens (tertiary/aromatic N) is 2. The molecule has 28 heavy (non-hydrogen) atoms. The van der Waals surface area contributed by atoms with Crippen molar-refractivity contribution in [2.24, 2.45) is 5.92 Å². The fraction of sp³-hybridized carbons (Fsp3) is 0.636. The minimum absolute atomic E-state index is 0.138. The molecule has 2 aliphatic rings. The van der Waals surface area contributed by atoms with Crippen molar-refractivity contribution in [3.63, 3.8) is 0 Å². The van der Waals surface area contributed by atoms with E-state index in [-0.39, 0.29) is 5.91 Å². The number of anilines is 1. The second kappa shape index (κ2) is 10.8. The van der Waals surface area contributed by atoms with E-state index < -0.39 is 0 Å². The third-order valence-electron chi connectivity index (χ3n) is 5.71. The lowest BCUT2D eigenvalue weighted by molar-refractivity contribution is 0.0724. The van der Waals surface area contributed by atoms with Crippen molar-refractivity contribution in [2.75, 3.05) is 44.6 Å². The molecule has 2 N–H and O–H groups in total. The number of carbonyl (C=O) groups excluding carboxylic acids is 1. The SMILES string of the molecule is C[C@H]1CCCN(CCCNC(=S)Nc2ccc(C(=O)N3CCCCC3)cc2)C1. The normalized spacial score (nSPS) is 20.6. The summed E-state index contributed by atoms with van der Waals surface area (Å²) in [5.41, 5.74) is 1.67. The van der Waals surface area contributed by atoms with Crippen LogP contribution in [0.2, 0.25) is 0 Å². The second-order valence-corrected chi connectivity index (χ2v) is 8.62. The first-order valence-corrected chi connectivity index (χ1v) is 11.2. The summed E-state index contributed by atoms with van der Waals surface area (Å²) in [6.45, 7) is 8.57. The highest BCUT2D eigenvalue weighted by Gasteiger charge is 2.18. The van der Waals surface area contributed by atoms with Crippen LogP contribution in [0.3, 0.4) is 0 Å². The van der Waals surface area contributed by atoms with Crippen molar-refractivity contribution in [2.45, 2.75) is 45.4 Å². The molecule has 154 valence electrons. The van der Waals surface area contributed by atoms with Gasteiger partial charge in [0, 0.05) is 37.4 Å². The van der Waals surface area contributed by atoms with Crippen LogP contribution < -0.4 is 10.6 Å². The van der Waals surface area contributed by atoms with Gasteiger partial charge in [0.15, 0.2) is 5.11 Å². The first-order chi connectivity index (χ1) is 13.6. The fourth-order valence-corrected chi connectivity index (χ4v) is 4.37. The van der Waals surface area contributed by atoms with Gasteiger partial charge in [-0.05, 0) is 94.0 Å². The Labute approximate surface area is 174 Å². The molecule has 5 nitrogen and oxygen atoms in total. The topological polar surface area (TPSA) is 47.6 Å². The van der Waals surface area contributed by atoms with E-state index in [1.807, 2.05) is 29.2 Å². The number of carbonyl (C=O) groups is 1. The molecule has 2 aliphatic heterocycles. The number of amides is 1. The van der Waals surface area contributed by atoms with Crippen LogP contribution in [0, 0.1) is 5.92 Å². The van der Waals surface area contributed by atoms with Crippen LogP contribution in [-0.2, 0) is 0 Å². The molecule has 0 spiro atoms. The molecule has 0 bridgehead atoms. The van der Waals surface area contributed by atoms with Gasteiger partial charge >= 0.3 is 0 Å². The molecule has 2 saturated heterocycles. The maximum Gasteiger partial charge on any atom is 0.253 e. The van der Waals surface area contributed by atoms with Crippen molar-refractivity contribution < 1.29 is 4.79 Å². The van der Waals surface area contributed by atoms with Gasteiger partial charge in [-0.25, -0.2) is 0 Å². The molecule has 0 unspecified atom stereocenters. The molecule has 1 aromatic carbocycles. The number of benzene rings is 1. The Hall–Kier alpha value is -1.66. The van der Waals surface area contributed by atoms with Crippen LogP contribution in [-0.4, -0.2) is 60.1 Å². The van der Waals surface area contributed by atoms with Crippen LogP contribution in [0.1, 0.15) is 55.8 Å². The lowest BCUT2D eigenvalue weighted by atomic mass is 10.0. The first kappa shape index (κ1) is 21.1. The van der Waals surface area contributed by atoms with Crippen molar-refractivity contribution in [3.05, 3.63) is 29.8 Å². The Balaban J connectivity index is 1.36. The maximum absolute atomic E-state index is 12.5. The van der Waals surface area contributed by atoms with Gasteiger partial charge in [0.1, 0.15) is 0 Å². The van der Waals surface area contributed by atoms with Gasteiger partial charge in [0.05, 0.1) is 0 Å². The standard InChI is InChI=1S/C22H34N4OS/c1-18-7-5-13-25(17-18)14-6-12-23-22(28)24-20-10-8-19(9-11-20)21(27)26-15-3-2-4-16-26/h8-11,18H,2-7,12-17H2,1H3,(H2,23,24,28)/t18-/m0/s1. The molecular formula is C22H34N4OS. The van der Waals surface area contributed by atoms with E-state index in [0.717, 1.165) is 62.6 Å². The Morgan fingerprint density at radius 2 is 1.86 bits per heavy atom. The quantitative estimate of drug-likeness (QED) is 0.561. The van der Waals surface area contributed by atoms with Gasteiger partial charge in [-0.1, -0.05) is 6.92 Å². The lowest BCUT2D eigenvalue weighted by Crippen LogP contribution is -2.37. The summed E-state index contributed by atoms with van der Waals surface area (Å²) in [5, 5.41) is 7.15. The summed E-state index contributed by atoms with van der Waals surface area (Å²) in [7, 11) is 0. The Morgan fingerprint density at radius 1 is 1.11 bits per heavy atom. The number of rotatable bonds is 6. The van der Waals surface area contributed by atoms with Gasteiger partial charge in [0.25, 0.3) is 5.91 Å². The van der Waals surface area contributed by atoms with Crippen LogP contribution in [0.4, 0.5) is 5.69 Å². The predicted molar refractivity (Wildman–Crippen MR) is 120 cm³/mol. The first-order valence-electron chi connectivity index (χ1n) is 10.8. The molecular weight excluding hydrogens is 368 g/mol.